The maximum atomic E-state index is 12.4. The minimum Gasteiger partial charge on any atom is -0.369 e. The lowest BCUT2D eigenvalue weighted by Gasteiger charge is -2.37. The Kier molecular flexibility index (Phi) is 5.50. The number of nitrogens with zero attached hydrogens (tertiary/aromatic N) is 4. The second-order valence-corrected chi connectivity index (χ2v) is 5.42. The molecule has 2 heterocycles. The monoisotopic (exact) mass is 291 g/mol. The Morgan fingerprint density at radius 3 is 2.48 bits per heavy atom. The van der Waals surface area contributed by atoms with Crippen LogP contribution in [0.5, 0.6) is 0 Å². The van der Waals surface area contributed by atoms with Gasteiger partial charge in [0.15, 0.2) is 5.69 Å². The van der Waals surface area contributed by atoms with Gasteiger partial charge in [-0.25, -0.2) is 0 Å². The smallest absolute Gasteiger partial charge is 0.274 e. The van der Waals surface area contributed by atoms with Gasteiger partial charge < -0.3 is 10.2 Å². The predicted octanol–water partition coefficient (Wildman–Crippen LogP) is 1.46. The molecule has 21 heavy (non-hydrogen) atoms. The van der Waals surface area contributed by atoms with Gasteiger partial charge in [0.2, 0.25) is 0 Å². The molecule has 0 spiro atoms. The van der Waals surface area contributed by atoms with E-state index < -0.39 is 0 Å². The molecule has 6 nitrogen and oxygen atoms in total. The third-order valence-electron chi connectivity index (χ3n) is 4.06. The molecule has 1 aliphatic heterocycles. The molecule has 1 amide bonds. The topological polar surface area (TPSA) is 61.4 Å². The van der Waals surface area contributed by atoms with Crippen molar-refractivity contribution in [2.75, 3.05) is 38.0 Å². The number of aromatic nitrogens is 2. The van der Waals surface area contributed by atoms with Crippen LogP contribution in [0.25, 0.3) is 0 Å². The van der Waals surface area contributed by atoms with E-state index in [0.29, 0.717) is 17.6 Å². The van der Waals surface area contributed by atoms with Crippen LogP contribution in [-0.2, 0) is 0 Å². The molecule has 0 aliphatic carbocycles. The van der Waals surface area contributed by atoms with Crippen molar-refractivity contribution in [2.45, 2.75) is 33.2 Å². The Bertz CT molecular complexity index is 454. The molecular formula is C15H25N5O. The summed E-state index contributed by atoms with van der Waals surface area (Å²) in [5.74, 6) is 0.685. The number of rotatable bonds is 5. The number of amides is 1. The van der Waals surface area contributed by atoms with E-state index in [0.717, 1.165) is 39.1 Å². The third kappa shape index (κ3) is 3.91. The summed E-state index contributed by atoms with van der Waals surface area (Å²) in [4.78, 5) is 16.7. The fourth-order valence-electron chi connectivity index (χ4n) is 2.51. The van der Waals surface area contributed by atoms with Gasteiger partial charge in [0.1, 0.15) is 5.82 Å². The van der Waals surface area contributed by atoms with Crippen molar-refractivity contribution < 1.29 is 4.79 Å². The van der Waals surface area contributed by atoms with Crippen LogP contribution >= 0.6 is 0 Å². The van der Waals surface area contributed by atoms with Crippen LogP contribution in [0.4, 0.5) is 5.82 Å². The molecule has 6 heteroatoms. The van der Waals surface area contributed by atoms with Gasteiger partial charge in [-0.3, -0.25) is 9.69 Å². The van der Waals surface area contributed by atoms with Gasteiger partial charge in [-0.1, -0.05) is 6.92 Å². The van der Waals surface area contributed by atoms with Gasteiger partial charge in [-0.15, -0.1) is 10.2 Å². The van der Waals surface area contributed by atoms with Gasteiger partial charge in [-0.2, -0.15) is 0 Å². The summed E-state index contributed by atoms with van der Waals surface area (Å²) in [5.41, 5.74) is 0.425. The molecule has 0 aromatic carbocycles. The number of carbonyl (C=O) groups excluding carboxylic acids is 1. The van der Waals surface area contributed by atoms with Crippen molar-refractivity contribution in [1.82, 2.24) is 20.0 Å². The van der Waals surface area contributed by atoms with Crippen molar-refractivity contribution in [3.8, 4) is 0 Å². The van der Waals surface area contributed by atoms with Gasteiger partial charge in [0, 0.05) is 38.8 Å². The van der Waals surface area contributed by atoms with E-state index in [-0.39, 0.29) is 5.91 Å². The predicted molar refractivity (Wildman–Crippen MR) is 83.4 cm³/mol. The fraction of sp³-hybridized carbons (Fsp3) is 0.667. The van der Waals surface area contributed by atoms with E-state index in [1.165, 1.54) is 0 Å². The zero-order valence-electron chi connectivity index (χ0n) is 13.2. The van der Waals surface area contributed by atoms with Crippen molar-refractivity contribution >= 4 is 11.7 Å². The molecule has 0 radical (unpaired) electrons. The zero-order chi connectivity index (χ0) is 15.2. The molecule has 1 aromatic rings. The van der Waals surface area contributed by atoms with Crippen LogP contribution < -0.4 is 5.32 Å². The zero-order valence-corrected chi connectivity index (χ0v) is 13.2. The first-order chi connectivity index (χ1) is 10.2. The molecular weight excluding hydrogens is 266 g/mol. The van der Waals surface area contributed by atoms with Gasteiger partial charge in [-0.05, 0) is 32.4 Å². The van der Waals surface area contributed by atoms with Crippen LogP contribution in [0.1, 0.15) is 37.7 Å². The lowest BCUT2D eigenvalue weighted by atomic mass is 10.2. The summed E-state index contributed by atoms with van der Waals surface area (Å²) in [6.45, 7) is 10.6. The Labute approximate surface area is 126 Å². The Morgan fingerprint density at radius 2 is 1.95 bits per heavy atom. The second kappa shape index (κ2) is 7.36. The largest absolute Gasteiger partial charge is 0.369 e. The molecule has 1 fully saturated rings. The summed E-state index contributed by atoms with van der Waals surface area (Å²) in [6.07, 6.45) is 1.14. The summed E-state index contributed by atoms with van der Waals surface area (Å²) in [6, 6.07) is 4.13. The Balaban J connectivity index is 1.92. The van der Waals surface area contributed by atoms with Crippen LogP contribution in [0.3, 0.4) is 0 Å². The van der Waals surface area contributed by atoms with E-state index in [1.807, 2.05) is 11.8 Å². The Hall–Kier alpha value is -1.69. The number of piperazine rings is 1. The molecule has 1 atom stereocenters. The highest BCUT2D eigenvalue weighted by Crippen LogP contribution is 2.11. The molecule has 1 aliphatic rings. The average molecular weight is 291 g/mol. The number of nitrogens with one attached hydrogen (secondary N) is 1. The van der Waals surface area contributed by atoms with Crippen LogP contribution in [0, 0.1) is 0 Å². The van der Waals surface area contributed by atoms with E-state index in [4.69, 9.17) is 0 Å². The standard InChI is InChI=1S/C15H25N5O/c1-4-12(3)19-8-10-20(11-9-19)15(21)13-6-7-14(16-5-2)18-17-13/h6-7,12H,4-5,8-11H2,1-3H3,(H,16,18). The van der Waals surface area contributed by atoms with Crippen LogP contribution in [0.15, 0.2) is 12.1 Å². The minimum absolute atomic E-state index is 0.0191. The third-order valence-corrected chi connectivity index (χ3v) is 4.06. The normalized spacial score (nSPS) is 17.6. The summed E-state index contributed by atoms with van der Waals surface area (Å²) in [7, 11) is 0. The quantitative estimate of drug-likeness (QED) is 0.890. The molecule has 1 N–H and O–H groups in total. The first-order valence-electron chi connectivity index (χ1n) is 7.76. The highest BCUT2D eigenvalue weighted by atomic mass is 16.2. The lowest BCUT2D eigenvalue weighted by Crippen LogP contribution is -2.51. The van der Waals surface area contributed by atoms with Crippen LogP contribution in [-0.4, -0.2) is 64.7 Å². The molecule has 1 aromatic heterocycles. The van der Waals surface area contributed by atoms with E-state index in [9.17, 15) is 4.79 Å². The van der Waals surface area contributed by atoms with Crippen LogP contribution in [0.2, 0.25) is 0 Å². The summed E-state index contributed by atoms with van der Waals surface area (Å²) in [5, 5.41) is 11.1. The highest BCUT2D eigenvalue weighted by Gasteiger charge is 2.24. The second-order valence-electron chi connectivity index (χ2n) is 5.42. The number of carbonyl (C=O) groups is 1. The number of hydrogen-bond donors (Lipinski definition) is 1. The highest BCUT2D eigenvalue weighted by molar-refractivity contribution is 5.92. The molecule has 116 valence electrons. The molecule has 2 rings (SSSR count). The van der Waals surface area contributed by atoms with E-state index in [2.05, 4.69) is 34.3 Å². The van der Waals surface area contributed by atoms with Gasteiger partial charge in [0.25, 0.3) is 5.91 Å². The summed E-state index contributed by atoms with van der Waals surface area (Å²) >= 11 is 0. The fourth-order valence-corrected chi connectivity index (χ4v) is 2.51. The van der Waals surface area contributed by atoms with Crippen molar-refractivity contribution in [2.24, 2.45) is 0 Å². The summed E-state index contributed by atoms with van der Waals surface area (Å²) < 4.78 is 0. The first kappa shape index (κ1) is 15.7. The molecule has 1 unspecified atom stereocenters. The van der Waals surface area contributed by atoms with Gasteiger partial charge in [0.05, 0.1) is 0 Å². The maximum absolute atomic E-state index is 12.4. The van der Waals surface area contributed by atoms with Crippen molar-refractivity contribution in [3.63, 3.8) is 0 Å². The van der Waals surface area contributed by atoms with Crippen molar-refractivity contribution in [1.29, 1.82) is 0 Å². The van der Waals surface area contributed by atoms with E-state index in [1.54, 1.807) is 12.1 Å². The lowest BCUT2D eigenvalue weighted by molar-refractivity contribution is 0.0573. The number of anilines is 1. The number of hydrogen-bond acceptors (Lipinski definition) is 5. The molecule has 0 saturated carbocycles. The van der Waals surface area contributed by atoms with Crippen molar-refractivity contribution in [3.05, 3.63) is 17.8 Å². The average Bonchev–Trinajstić information content (AvgIpc) is 2.54. The van der Waals surface area contributed by atoms with E-state index >= 15 is 0 Å². The minimum atomic E-state index is -0.0191. The SMILES string of the molecule is CCNc1ccc(C(=O)N2CCN(C(C)CC)CC2)nn1. The first-order valence-corrected chi connectivity index (χ1v) is 7.76. The molecule has 1 saturated heterocycles. The maximum Gasteiger partial charge on any atom is 0.274 e. The van der Waals surface area contributed by atoms with Gasteiger partial charge >= 0.3 is 0 Å². The molecule has 0 bridgehead atoms. The Morgan fingerprint density at radius 1 is 1.24 bits per heavy atom.